The van der Waals surface area contributed by atoms with Crippen molar-refractivity contribution < 1.29 is 0 Å². The number of benzene rings is 1. The number of hydrogen-bond donors (Lipinski definition) is 1. The number of nitrogens with zero attached hydrogens (tertiary/aromatic N) is 4. The molecule has 0 saturated heterocycles. The van der Waals surface area contributed by atoms with Crippen molar-refractivity contribution in [3.63, 3.8) is 0 Å². The molecule has 0 bridgehead atoms. The van der Waals surface area contributed by atoms with Crippen LogP contribution in [0.2, 0.25) is 0 Å². The lowest BCUT2D eigenvalue weighted by Gasteiger charge is -2.07. The summed E-state index contributed by atoms with van der Waals surface area (Å²) >= 11 is 3.52. The summed E-state index contributed by atoms with van der Waals surface area (Å²) in [6.45, 7) is 5.82. The van der Waals surface area contributed by atoms with Crippen LogP contribution in [0.1, 0.15) is 24.7 Å². The van der Waals surface area contributed by atoms with Gasteiger partial charge in [0, 0.05) is 4.47 Å². The van der Waals surface area contributed by atoms with Gasteiger partial charge in [0.2, 0.25) is 0 Å². The van der Waals surface area contributed by atoms with Crippen LogP contribution in [-0.4, -0.2) is 26.8 Å². The third kappa shape index (κ3) is 2.94. The maximum Gasteiger partial charge on any atom is 0.170 e. The van der Waals surface area contributed by atoms with E-state index in [1.165, 1.54) is 5.56 Å². The molecule has 0 aliphatic carbocycles. The van der Waals surface area contributed by atoms with Crippen LogP contribution in [0.25, 0.3) is 5.69 Å². The fourth-order valence-corrected chi connectivity index (χ4v) is 1.97. The van der Waals surface area contributed by atoms with Gasteiger partial charge in [-0.25, -0.2) is 0 Å². The number of aryl methyl sites for hydroxylation is 1. The minimum Gasteiger partial charge on any atom is -0.310 e. The van der Waals surface area contributed by atoms with Crippen LogP contribution in [0.4, 0.5) is 0 Å². The van der Waals surface area contributed by atoms with E-state index in [0.29, 0.717) is 6.54 Å². The van der Waals surface area contributed by atoms with Gasteiger partial charge in [-0.15, -0.1) is 5.10 Å². The van der Waals surface area contributed by atoms with Crippen molar-refractivity contribution in [3.8, 4) is 5.69 Å². The third-order valence-corrected chi connectivity index (χ3v) is 3.50. The minimum atomic E-state index is 0.673. The van der Waals surface area contributed by atoms with E-state index < -0.39 is 0 Å². The molecule has 2 aromatic rings. The molecule has 6 heteroatoms. The normalized spacial score (nSPS) is 10.8. The molecule has 0 spiro atoms. The molecule has 0 saturated carbocycles. The van der Waals surface area contributed by atoms with Crippen LogP contribution in [0.3, 0.4) is 0 Å². The average molecular weight is 310 g/mol. The van der Waals surface area contributed by atoms with Gasteiger partial charge in [0.05, 0.1) is 12.2 Å². The molecule has 0 fully saturated rings. The summed E-state index contributed by atoms with van der Waals surface area (Å²) in [4.78, 5) is 0. The van der Waals surface area contributed by atoms with Crippen LogP contribution in [0.5, 0.6) is 0 Å². The van der Waals surface area contributed by atoms with Gasteiger partial charge in [-0.2, -0.15) is 4.68 Å². The highest BCUT2D eigenvalue weighted by molar-refractivity contribution is 9.10. The highest BCUT2D eigenvalue weighted by Crippen LogP contribution is 2.19. The second kappa shape index (κ2) is 6.06. The molecule has 18 heavy (non-hydrogen) atoms. The molecule has 0 aliphatic heterocycles. The van der Waals surface area contributed by atoms with Gasteiger partial charge in [0.1, 0.15) is 0 Å². The summed E-state index contributed by atoms with van der Waals surface area (Å²) in [7, 11) is 0. The standard InChI is InChI=1S/C12H16BrN5/c1-3-6-14-8-12-15-16-17-18(12)10-5-4-9(2)11(13)7-10/h4-5,7,14H,3,6,8H2,1-2H3. The van der Waals surface area contributed by atoms with Crippen molar-refractivity contribution >= 4 is 15.9 Å². The lowest BCUT2D eigenvalue weighted by atomic mass is 10.2. The predicted octanol–water partition coefficient (Wildman–Crippen LogP) is 2.23. The Kier molecular flexibility index (Phi) is 4.43. The lowest BCUT2D eigenvalue weighted by molar-refractivity contribution is 0.632. The van der Waals surface area contributed by atoms with E-state index in [4.69, 9.17) is 0 Å². The zero-order valence-corrected chi connectivity index (χ0v) is 12.1. The van der Waals surface area contributed by atoms with Gasteiger partial charge >= 0.3 is 0 Å². The topological polar surface area (TPSA) is 55.6 Å². The zero-order chi connectivity index (χ0) is 13.0. The van der Waals surface area contributed by atoms with E-state index in [2.05, 4.69) is 50.6 Å². The first-order valence-corrected chi connectivity index (χ1v) is 6.76. The molecule has 0 aliphatic rings. The van der Waals surface area contributed by atoms with Crippen molar-refractivity contribution in [1.82, 2.24) is 25.5 Å². The Bertz CT molecular complexity index is 523. The molecule has 1 aromatic heterocycles. The Balaban J connectivity index is 2.22. The van der Waals surface area contributed by atoms with E-state index in [1.54, 1.807) is 4.68 Å². The van der Waals surface area contributed by atoms with Gasteiger partial charge in [-0.1, -0.05) is 28.9 Å². The summed E-state index contributed by atoms with van der Waals surface area (Å²) in [6.07, 6.45) is 1.09. The molecule has 0 atom stereocenters. The molecule has 1 aromatic carbocycles. The summed E-state index contributed by atoms with van der Waals surface area (Å²) in [5.74, 6) is 0.819. The highest BCUT2D eigenvalue weighted by Gasteiger charge is 2.08. The van der Waals surface area contributed by atoms with Gasteiger partial charge in [-0.3, -0.25) is 0 Å². The average Bonchev–Trinajstić information content (AvgIpc) is 2.81. The van der Waals surface area contributed by atoms with Gasteiger partial charge in [0.25, 0.3) is 0 Å². The first-order chi connectivity index (χ1) is 8.72. The Hall–Kier alpha value is -1.27. The first-order valence-electron chi connectivity index (χ1n) is 5.97. The number of nitrogens with one attached hydrogen (secondary N) is 1. The number of halogens is 1. The van der Waals surface area contributed by atoms with E-state index in [0.717, 1.165) is 29.0 Å². The lowest BCUT2D eigenvalue weighted by Crippen LogP contribution is -2.17. The smallest absolute Gasteiger partial charge is 0.170 e. The number of rotatable bonds is 5. The van der Waals surface area contributed by atoms with Crippen LogP contribution in [0, 0.1) is 6.92 Å². The second-order valence-electron chi connectivity index (χ2n) is 4.12. The first kappa shape index (κ1) is 13.2. The molecule has 1 heterocycles. The molecule has 2 rings (SSSR count). The molecule has 1 N–H and O–H groups in total. The van der Waals surface area contributed by atoms with Crippen LogP contribution >= 0.6 is 15.9 Å². The SMILES string of the molecule is CCCNCc1nnnn1-c1ccc(C)c(Br)c1. The number of hydrogen-bond acceptors (Lipinski definition) is 4. The van der Waals surface area contributed by atoms with Gasteiger partial charge < -0.3 is 5.32 Å². The van der Waals surface area contributed by atoms with E-state index in [9.17, 15) is 0 Å². The molecular weight excluding hydrogens is 294 g/mol. The largest absolute Gasteiger partial charge is 0.310 e. The Labute approximate surface area is 115 Å². The van der Waals surface area contributed by atoms with E-state index in [1.807, 2.05) is 18.2 Å². The van der Waals surface area contributed by atoms with Crippen molar-refractivity contribution in [2.45, 2.75) is 26.8 Å². The van der Waals surface area contributed by atoms with E-state index >= 15 is 0 Å². The van der Waals surface area contributed by atoms with Crippen LogP contribution in [-0.2, 0) is 6.54 Å². The van der Waals surface area contributed by atoms with Crippen LogP contribution in [0.15, 0.2) is 22.7 Å². The van der Waals surface area contributed by atoms with E-state index in [-0.39, 0.29) is 0 Å². The maximum absolute atomic E-state index is 4.04. The molecule has 96 valence electrons. The fourth-order valence-electron chi connectivity index (χ4n) is 1.61. The molecule has 0 amide bonds. The van der Waals surface area contributed by atoms with Crippen molar-refractivity contribution in [1.29, 1.82) is 0 Å². The molecule has 0 radical (unpaired) electrons. The van der Waals surface area contributed by atoms with Crippen molar-refractivity contribution in [2.24, 2.45) is 0 Å². The second-order valence-corrected chi connectivity index (χ2v) is 4.97. The predicted molar refractivity (Wildman–Crippen MR) is 73.6 cm³/mol. The Morgan fingerprint density at radius 1 is 1.39 bits per heavy atom. The maximum atomic E-state index is 4.04. The summed E-state index contributed by atoms with van der Waals surface area (Å²) in [5, 5.41) is 15.1. The fraction of sp³-hybridized carbons (Fsp3) is 0.417. The Morgan fingerprint density at radius 3 is 2.94 bits per heavy atom. The summed E-state index contributed by atoms with van der Waals surface area (Å²) in [5.41, 5.74) is 2.16. The molecule has 5 nitrogen and oxygen atoms in total. The Morgan fingerprint density at radius 2 is 2.22 bits per heavy atom. The highest BCUT2D eigenvalue weighted by atomic mass is 79.9. The molecule has 0 unspecified atom stereocenters. The van der Waals surface area contributed by atoms with Gasteiger partial charge in [-0.05, 0) is 48.0 Å². The van der Waals surface area contributed by atoms with Crippen LogP contribution < -0.4 is 5.32 Å². The summed E-state index contributed by atoms with van der Waals surface area (Å²) < 4.78 is 2.82. The minimum absolute atomic E-state index is 0.673. The third-order valence-electron chi connectivity index (χ3n) is 2.64. The molecular formula is C12H16BrN5. The van der Waals surface area contributed by atoms with Gasteiger partial charge in [0.15, 0.2) is 5.82 Å². The monoisotopic (exact) mass is 309 g/mol. The number of aromatic nitrogens is 4. The van der Waals surface area contributed by atoms with Crippen molar-refractivity contribution in [3.05, 3.63) is 34.1 Å². The number of tetrazole rings is 1. The quantitative estimate of drug-likeness (QED) is 0.861. The summed E-state index contributed by atoms with van der Waals surface area (Å²) in [6, 6.07) is 6.08. The zero-order valence-electron chi connectivity index (χ0n) is 10.5. The van der Waals surface area contributed by atoms with Crippen molar-refractivity contribution in [2.75, 3.05) is 6.54 Å².